The van der Waals surface area contributed by atoms with Crippen molar-refractivity contribution in [3.8, 4) is 28.1 Å². The van der Waals surface area contributed by atoms with Gasteiger partial charge in [-0.2, -0.15) is 14.5 Å². The Balaban J connectivity index is 1.40. The van der Waals surface area contributed by atoms with Gasteiger partial charge in [-0.15, -0.1) is 5.10 Å². The van der Waals surface area contributed by atoms with Crippen molar-refractivity contribution in [1.29, 1.82) is 0 Å². The van der Waals surface area contributed by atoms with Crippen LogP contribution in [0.25, 0.3) is 28.1 Å². The monoisotopic (exact) mass is 503 g/mol. The largest absolute Gasteiger partial charge is 0.618 e. The van der Waals surface area contributed by atoms with Gasteiger partial charge in [-0.1, -0.05) is 24.4 Å². The van der Waals surface area contributed by atoms with Crippen LogP contribution in [0.1, 0.15) is 31.0 Å². The van der Waals surface area contributed by atoms with E-state index in [1.807, 2.05) is 12.3 Å². The van der Waals surface area contributed by atoms with E-state index in [0.29, 0.717) is 22.9 Å². The van der Waals surface area contributed by atoms with Crippen molar-refractivity contribution >= 4 is 11.6 Å². The SMILES string of the molecule is [O-][n+]1cc(-c2c(-n3cnnn3)ccc(Cl)c2F)ccc1[C@@H](CC1CC1)n1cc(-c2ccncn2)cn1. The summed E-state index contributed by atoms with van der Waals surface area (Å²) in [5.74, 6) is -0.133. The van der Waals surface area contributed by atoms with E-state index in [4.69, 9.17) is 11.6 Å². The highest BCUT2D eigenvalue weighted by atomic mass is 35.5. The topological polar surface area (TPSA) is 114 Å². The molecule has 0 unspecified atom stereocenters. The van der Waals surface area contributed by atoms with Crippen molar-refractivity contribution in [2.75, 3.05) is 0 Å². The van der Waals surface area contributed by atoms with Gasteiger partial charge < -0.3 is 5.21 Å². The smallest absolute Gasteiger partial charge is 0.217 e. The molecular weight excluding hydrogens is 485 g/mol. The van der Waals surface area contributed by atoms with Crippen molar-refractivity contribution in [3.05, 3.63) is 89.5 Å². The summed E-state index contributed by atoms with van der Waals surface area (Å²) in [4.78, 5) is 8.24. The van der Waals surface area contributed by atoms with Crippen molar-refractivity contribution < 1.29 is 9.12 Å². The van der Waals surface area contributed by atoms with Gasteiger partial charge >= 0.3 is 0 Å². The normalized spacial score (nSPS) is 14.2. The van der Waals surface area contributed by atoms with Gasteiger partial charge in [0, 0.05) is 24.0 Å². The molecule has 1 aliphatic rings. The van der Waals surface area contributed by atoms with Crippen LogP contribution < -0.4 is 4.73 Å². The molecule has 36 heavy (non-hydrogen) atoms. The van der Waals surface area contributed by atoms with Crippen LogP contribution in [0.2, 0.25) is 5.02 Å². The third kappa shape index (κ3) is 4.17. The molecule has 5 aromatic rings. The zero-order valence-corrected chi connectivity index (χ0v) is 19.6. The number of tetrazole rings is 1. The number of nitrogens with zero attached hydrogens (tertiary/aromatic N) is 9. The van der Waals surface area contributed by atoms with Gasteiger partial charge in [-0.3, -0.25) is 4.68 Å². The number of halogens is 2. The van der Waals surface area contributed by atoms with E-state index in [0.717, 1.165) is 35.3 Å². The van der Waals surface area contributed by atoms with Crippen molar-refractivity contribution in [2.45, 2.75) is 25.3 Å². The molecule has 0 saturated heterocycles. The second-order valence-corrected chi connectivity index (χ2v) is 9.08. The number of benzene rings is 1. The first-order chi connectivity index (χ1) is 17.6. The lowest BCUT2D eigenvalue weighted by Crippen LogP contribution is -2.35. The molecule has 0 spiro atoms. The predicted molar refractivity (Wildman–Crippen MR) is 127 cm³/mol. The van der Waals surface area contributed by atoms with Gasteiger partial charge in [0.15, 0.2) is 12.0 Å². The second-order valence-electron chi connectivity index (χ2n) is 8.68. The highest BCUT2D eigenvalue weighted by Gasteiger charge is 2.32. The number of aromatic nitrogens is 9. The van der Waals surface area contributed by atoms with E-state index in [1.54, 1.807) is 35.3 Å². The molecule has 1 atom stereocenters. The summed E-state index contributed by atoms with van der Waals surface area (Å²) in [5.41, 5.74) is 2.94. The van der Waals surface area contributed by atoms with E-state index in [1.165, 1.54) is 29.6 Å². The molecule has 0 bridgehead atoms. The Morgan fingerprint density at radius 2 is 2.06 bits per heavy atom. The summed E-state index contributed by atoms with van der Waals surface area (Å²) in [5, 5.41) is 28.9. The molecule has 1 saturated carbocycles. The molecule has 1 aromatic carbocycles. The maximum absolute atomic E-state index is 15.2. The molecule has 4 aromatic heterocycles. The number of rotatable bonds is 7. The highest BCUT2D eigenvalue weighted by Crippen LogP contribution is 2.39. The quantitative estimate of drug-likeness (QED) is 0.245. The Hall–Kier alpha value is -4.25. The lowest BCUT2D eigenvalue weighted by atomic mass is 10.0. The first-order valence-electron chi connectivity index (χ1n) is 11.3. The first-order valence-corrected chi connectivity index (χ1v) is 11.7. The molecule has 4 heterocycles. The summed E-state index contributed by atoms with van der Waals surface area (Å²) in [6, 6.07) is 7.97. The van der Waals surface area contributed by atoms with E-state index >= 15 is 4.39 Å². The van der Waals surface area contributed by atoms with E-state index in [-0.39, 0.29) is 16.6 Å². The van der Waals surface area contributed by atoms with E-state index in [9.17, 15) is 5.21 Å². The van der Waals surface area contributed by atoms with Gasteiger partial charge in [0.05, 0.1) is 33.7 Å². The Morgan fingerprint density at radius 1 is 1.17 bits per heavy atom. The zero-order chi connectivity index (χ0) is 24.6. The third-order valence-electron chi connectivity index (χ3n) is 6.30. The van der Waals surface area contributed by atoms with E-state index in [2.05, 4.69) is 30.6 Å². The molecule has 6 rings (SSSR count). The Bertz CT molecular complexity index is 1520. The van der Waals surface area contributed by atoms with Crippen molar-refractivity contribution in [3.63, 3.8) is 0 Å². The van der Waals surface area contributed by atoms with Gasteiger partial charge in [-0.05, 0) is 47.0 Å². The second kappa shape index (κ2) is 9.08. The summed E-state index contributed by atoms with van der Waals surface area (Å²) < 4.78 is 19.1. The molecule has 180 valence electrons. The fraction of sp³-hybridized carbons (Fsp3) is 0.208. The number of hydrogen-bond acceptors (Lipinski definition) is 7. The minimum absolute atomic E-state index is 0.0660. The molecule has 0 N–H and O–H groups in total. The standard InChI is InChI=1S/C24H19ClFN9O/c25-18-4-6-21(34-14-29-31-32-34)23(24(18)26)16-3-5-20(35(36)12-16)22(9-15-1-2-15)33-11-17(10-30-33)19-7-8-27-13-28-19/h3-8,10-15,22H,1-2,9H2/t22-/m1/s1. The minimum atomic E-state index is -0.659. The lowest BCUT2D eigenvalue weighted by Gasteiger charge is -2.18. The van der Waals surface area contributed by atoms with Crippen LogP contribution in [0, 0.1) is 16.9 Å². The summed E-state index contributed by atoms with van der Waals surface area (Å²) in [6.07, 6.45) is 12.5. The van der Waals surface area contributed by atoms with Crippen LogP contribution in [0.3, 0.4) is 0 Å². The van der Waals surface area contributed by atoms with Crippen LogP contribution >= 0.6 is 11.6 Å². The van der Waals surface area contributed by atoms with Gasteiger partial charge in [0.1, 0.15) is 18.7 Å². The van der Waals surface area contributed by atoms with Gasteiger partial charge in [-0.25, -0.2) is 14.4 Å². The van der Waals surface area contributed by atoms with Crippen LogP contribution in [-0.2, 0) is 0 Å². The first kappa shape index (κ1) is 22.2. The molecule has 1 fully saturated rings. The maximum Gasteiger partial charge on any atom is 0.217 e. The Morgan fingerprint density at radius 3 is 2.78 bits per heavy atom. The highest BCUT2D eigenvalue weighted by molar-refractivity contribution is 6.31. The van der Waals surface area contributed by atoms with E-state index < -0.39 is 5.82 Å². The predicted octanol–water partition coefficient (Wildman–Crippen LogP) is 3.80. The number of hydrogen-bond donors (Lipinski definition) is 0. The average Bonchev–Trinajstić information content (AvgIpc) is 3.33. The van der Waals surface area contributed by atoms with Gasteiger partial charge in [0.2, 0.25) is 5.69 Å². The third-order valence-corrected chi connectivity index (χ3v) is 6.59. The molecule has 0 radical (unpaired) electrons. The molecule has 12 heteroatoms. The van der Waals surface area contributed by atoms with Crippen LogP contribution in [0.4, 0.5) is 4.39 Å². The molecule has 0 aliphatic heterocycles. The van der Waals surface area contributed by atoms with Crippen LogP contribution in [0.5, 0.6) is 0 Å². The van der Waals surface area contributed by atoms with Crippen LogP contribution in [0.15, 0.2) is 67.8 Å². The molecular formula is C24H19ClFN9O. The lowest BCUT2D eigenvalue weighted by molar-refractivity contribution is -0.615. The minimum Gasteiger partial charge on any atom is -0.618 e. The van der Waals surface area contributed by atoms with Gasteiger partial charge in [0.25, 0.3) is 0 Å². The molecule has 1 aliphatic carbocycles. The zero-order valence-electron chi connectivity index (χ0n) is 18.8. The Labute approximate surface area is 209 Å². The summed E-state index contributed by atoms with van der Waals surface area (Å²) >= 11 is 6.07. The maximum atomic E-state index is 15.2. The molecule has 10 nitrogen and oxygen atoms in total. The average molecular weight is 504 g/mol. The van der Waals surface area contributed by atoms with Crippen molar-refractivity contribution in [1.82, 2.24) is 40.0 Å². The number of pyridine rings is 1. The van der Waals surface area contributed by atoms with Crippen LogP contribution in [-0.4, -0.2) is 40.0 Å². The fourth-order valence-electron chi connectivity index (χ4n) is 4.31. The summed E-state index contributed by atoms with van der Waals surface area (Å²) in [7, 11) is 0. The van der Waals surface area contributed by atoms with Crippen molar-refractivity contribution in [2.24, 2.45) is 5.92 Å². The molecule has 0 amide bonds. The Kier molecular flexibility index (Phi) is 5.61. The summed E-state index contributed by atoms with van der Waals surface area (Å²) in [6.45, 7) is 0. The fourth-order valence-corrected chi connectivity index (χ4v) is 4.47.